The predicted molar refractivity (Wildman–Crippen MR) is 93.1 cm³/mol. The Kier molecular flexibility index (Phi) is 5.93. The third-order valence-electron chi connectivity index (χ3n) is 5.11. The summed E-state index contributed by atoms with van der Waals surface area (Å²) in [5.74, 6) is 0. The Labute approximate surface area is 148 Å². The fraction of sp³-hybridized carbons (Fsp3) is 0.765. The summed E-state index contributed by atoms with van der Waals surface area (Å²) in [6.07, 6.45) is 1.70. The SMILES string of the molecule is CC(CCN1CCOCC1)NC(=O)N1CCc2c(c(CO)nn2C)C1. The molecular formula is C17H29N5O3. The largest absolute Gasteiger partial charge is 0.390 e. The van der Waals surface area contributed by atoms with Crippen LogP contribution in [0.2, 0.25) is 0 Å². The van der Waals surface area contributed by atoms with Crippen LogP contribution in [0.1, 0.15) is 30.3 Å². The molecule has 0 aliphatic carbocycles. The molecule has 0 spiro atoms. The third kappa shape index (κ3) is 4.31. The number of urea groups is 1. The average Bonchev–Trinajstić information content (AvgIpc) is 2.96. The summed E-state index contributed by atoms with van der Waals surface area (Å²) in [6, 6.07) is 0.0934. The molecule has 25 heavy (non-hydrogen) atoms. The van der Waals surface area contributed by atoms with Crippen LogP contribution in [0.5, 0.6) is 0 Å². The smallest absolute Gasteiger partial charge is 0.317 e. The van der Waals surface area contributed by atoms with Crippen molar-refractivity contribution < 1.29 is 14.6 Å². The van der Waals surface area contributed by atoms with Gasteiger partial charge in [0, 0.05) is 56.9 Å². The minimum Gasteiger partial charge on any atom is -0.390 e. The lowest BCUT2D eigenvalue weighted by atomic mass is 10.1. The number of nitrogens with zero attached hydrogens (tertiary/aromatic N) is 4. The zero-order valence-corrected chi connectivity index (χ0v) is 15.2. The molecule has 1 saturated heterocycles. The number of hydrogen-bond donors (Lipinski definition) is 2. The highest BCUT2D eigenvalue weighted by molar-refractivity contribution is 5.74. The highest BCUT2D eigenvalue weighted by Gasteiger charge is 2.27. The summed E-state index contributed by atoms with van der Waals surface area (Å²) < 4.78 is 7.18. The first kappa shape index (κ1) is 18.2. The van der Waals surface area contributed by atoms with Crippen molar-refractivity contribution in [2.75, 3.05) is 39.4 Å². The van der Waals surface area contributed by atoms with Gasteiger partial charge in [-0.2, -0.15) is 5.10 Å². The minimum atomic E-state index is -0.0887. The van der Waals surface area contributed by atoms with E-state index >= 15 is 0 Å². The van der Waals surface area contributed by atoms with Gasteiger partial charge >= 0.3 is 6.03 Å². The first-order valence-corrected chi connectivity index (χ1v) is 9.08. The molecule has 8 nitrogen and oxygen atoms in total. The summed E-state index contributed by atoms with van der Waals surface area (Å²) in [7, 11) is 1.89. The molecule has 1 aromatic heterocycles. The Morgan fingerprint density at radius 3 is 2.84 bits per heavy atom. The number of fused-ring (bicyclic) bond motifs is 1. The van der Waals surface area contributed by atoms with Crippen molar-refractivity contribution in [1.82, 2.24) is 24.9 Å². The maximum atomic E-state index is 12.6. The van der Waals surface area contributed by atoms with Crippen LogP contribution in [0.25, 0.3) is 0 Å². The van der Waals surface area contributed by atoms with Gasteiger partial charge in [-0.15, -0.1) is 0 Å². The van der Waals surface area contributed by atoms with Crippen LogP contribution >= 0.6 is 0 Å². The van der Waals surface area contributed by atoms with Gasteiger partial charge < -0.3 is 20.1 Å². The number of hydrogen-bond acceptors (Lipinski definition) is 5. The van der Waals surface area contributed by atoms with Gasteiger partial charge in [0.1, 0.15) is 0 Å². The highest BCUT2D eigenvalue weighted by atomic mass is 16.5. The van der Waals surface area contributed by atoms with E-state index in [-0.39, 0.29) is 18.7 Å². The zero-order valence-electron chi connectivity index (χ0n) is 15.2. The maximum Gasteiger partial charge on any atom is 0.317 e. The molecule has 3 rings (SSSR count). The number of nitrogens with one attached hydrogen (secondary N) is 1. The van der Waals surface area contributed by atoms with Crippen molar-refractivity contribution in [2.24, 2.45) is 7.05 Å². The number of aliphatic hydroxyl groups is 1. The first-order chi connectivity index (χ1) is 12.1. The molecule has 2 aliphatic heterocycles. The van der Waals surface area contributed by atoms with Crippen molar-refractivity contribution >= 4 is 6.03 Å². The van der Waals surface area contributed by atoms with E-state index in [4.69, 9.17) is 4.74 Å². The molecule has 1 aromatic rings. The quantitative estimate of drug-likeness (QED) is 0.786. The number of morpholine rings is 1. The van der Waals surface area contributed by atoms with Crippen LogP contribution in [-0.2, 0) is 31.4 Å². The second kappa shape index (κ2) is 8.16. The number of rotatable bonds is 5. The van der Waals surface area contributed by atoms with Gasteiger partial charge in [-0.1, -0.05) is 0 Å². The minimum absolute atomic E-state index is 0.0344. The summed E-state index contributed by atoms with van der Waals surface area (Å²) in [4.78, 5) is 16.8. The molecule has 0 bridgehead atoms. The fourth-order valence-electron chi connectivity index (χ4n) is 3.55. The number of amides is 2. The Morgan fingerprint density at radius 2 is 2.12 bits per heavy atom. The van der Waals surface area contributed by atoms with Gasteiger partial charge in [0.05, 0.1) is 32.1 Å². The Bertz CT molecular complexity index is 597. The summed E-state index contributed by atoms with van der Waals surface area (Å²) in [6.45, 7) is 7.68. The van der Waals surface area contributed by atoms with Crippen LogP contribution in [-0.4, -0.2) is 76.2 Å². The van der Waals surface area contributed by atoms with E-state index in [1.807, 2.05) is 16.6 Å². The second-order valence-corrected chi connectivity index (χ2v) is 6.92. The lowest BCUT2D eigenvalue weighted by molar-refractivity contribution is 0.0364. The van der Waals surface area contributed by atoms with Gasteiger partial charge in [-0.25, -0.2) is 4.79 Å². The van der Waals surface area contributed by atoms with E-state index in [2.05, 4.69) is 22.2 Å². The second-order valence-electron chi connectivity index (χ2n) is 6.92. The summed E-state index contributed by atoms with van der Waals surface area (Å²) in [5.41, 5.74) is 2.79. The zero-order chi connectivity index (χ0) is 17.8. The lowest BCUT2D eigenvalue weighted by Gasteiger charge is -2.30. The molecule has 0 saturated carbocycles. The van der Waals surface area contributed by atoms with Gasteiger partial charge in [0.2, 0.25) is 0 Å². The van der Waals surface area contributed by atoms with Crippen LogP contribution in [0.15, 0.2) is 0 Å². The molecular weight excluding hydrogens is 322 g/mol. The Hall–Kier alpha value is -1.64. The highest BCUT2D eigenvalue weighted by Crippen LogP contribution is 2.22. The van der Waals surface area contributed by atoms with Crippen molar-refractivity contribution in [2.45, 2.75) is 39.0 Å². The van der Waals surface area contributed by atoms with Crippen LogP contribution in [0, 0.1) is 0 Å². The number of aryl methyl sites for hydroxylation is 1. The maximum absolute atomic E-state index is 12.6. The topological polar surface area (TPSA) is 82.9 Å². The number of carbonyl (C=O) groups excluding carboxylic acids is 1. The van der Waals surface area contributed by atoms with Gasteiger partial charge in [-0.3, -0.25) is 9.58 Å². The van der Waals surface area contributed by atoms with Crippen LogP contribution < -0.4 is 5.32 Å². The van der Waals surface area contributed by atoms with Crippen molar-refractivity contribution in [3.8, 4) is 0 Å². The van der Waals surface area contributed by atoms with Crippen LogP contribution in [0.4, 0.5) is 4.79 Å². The van der Waals surface area contributed by atoms with E-state index in [0.29, 0.717) is 18.8 Å². The van der Waals surface area contributed by atoms with E-state index in [1.54, 1.807) is 0 Å². The number of carbonyl (C=O) groups is 1. The van der Waals surface area contributed by atoms with Gasteiger partial charge in [0.15, 0.2) is 0 Å². The number of aliphatic hydroxyl groups excluding tert-OH is 1. The van der Waals surface area contributed by atoms with Crippen molar-refractivity contribution in [3.63, 3.8) is 0 Å². The molecule has 1 fully saturated rings. The van der Waals surface area contributed by atoms with Gasteiger partial charge in [0.25, 0.3) is 0 Å². The van der Waals surface area contributed by atoms with Crippen molar-refractivity contribution in [3.05, 3.63) is 17.0 Å². The molecule has 2 aliphatic rings. The Morgan fingerprint density at radius 1 is 1.36 bits per heavy atom. The third-order valence-corrected chi connectivity index (χ3v) is 5.11. The molecule has 3 heterocycles. The number of aromatic nitrogens is 2. The molecule has 0 radical (unpaired) electrons. The van der Waals surface area contributed by atoms with Gasteiger partial charge in [-0.05, 0) is 13.3 Å². The molecule has 1 atom stereocenters. The molecule has 2 N–H and O–H groups in total. The molecule has 8 heteroatoms. The normalized spacial score (nSPS) is 19.6. The van der Waals surface area contributed by atoms with E-state index in [9.17, 15) is 9.90 Å². The first-order valence-electron chi connectivity index (χ1n) is 9.08. The van der Waals surface area contributed by atoms with Crippen molar-refractivity contribution in [1.29, 1.82) is 0 Å². The summed E-state index contributed by atoms with van der Waals surface area (Å²) >= 11 is 0. The lowest BCUT2D eigenvalue weighted by Crippen LogP contribution is -2.47. The fourth-order valence-corrected chi connectivity index (χ4v) is 3.55. The molecule has 0 aromatic carbocycles. The van der Waals surface area contributed by atoms with E-state index < -0.39 is 0 Å². The van der Waals surface area contributed by atoms with E-state index in [1.165, 1.54) is 0 Å². The molecule has 2 amide bonds. The standard InChI is InChI=1S/C17H29N5O3/c1-13(3-5-21-7-9-25-10-8-21)18-17(24)22-6-4-16-14(11-22)15(12-23)19-20(16)2/h13,23H,3-12H2,1-2H3,(H,18,24). The molecule has 140 valence electrons. The Balaban J connectivity index is 1.49. The van der Waals surface area contributed by atoms with Crippen LogP contribution in [0.3, 0.4) is 0 Å². The molecule has 1 unspecified atom stereocenters. The monoisotopic (exact) mass is 351 g/mol. The number of ether oxygens (including phenoxy) is 1. The predicted octanol–water partition coefficient (Wildman–Crippen LogP) is 0.0909. The van der Waals surface area contributed by atoms with E-state index in [0.717, 1.165) is 56.9 Å². The summed E-state index contributed by atoms with van der Waals surface area (Å²) in [5, 5.41) is 16.9. The average molecular weight is 351 g/mol.